The average molecular weight is 341 g/mol. The van der Waals surface area contributed by atoms with Crippen molar-refractivity contribution < 1.29 is 19.5 Å². The van der Waals surface area contributed by atoms with E-state index in [4.69, 9.17) is 0 Å². The van der Waals surface area contributed by atoms with E-state index >= 15 is 0 Å². The van der Waals surface area contributed by atoms with E-state index in [1.54, 1.807) is 13.0 Å². The normalized spacial score (nSPS) is 33.4. The van der Waals surface area contributed by atoms with Crippen molar-refractivity contribution in [3.05, 3.63) is 28.8 Å². The van der Waals surface area contributed by atoms with Crippen molar-refractivity contribution in [3.8, 4) is 5.75 Å². The topological polar surface area (TPSA) is 83.5 Å². The zero-order valence-electron chi connectivity index (χ0n) is 14.6. The van der Waals surface area contributed by atoms with E-state index in [1.165, 1.54) is 13.0 Å². The Balaban J connectivity index is 2.09. The molecule has 0 spiro atoms. The SMILES string of the molecule is CC(=O)c1cc(O)c2c(c1)[C@]13CCN[C@H](C2)[C@]1(C(C)=O)CCCC3=O. The van der Waals surface area contributed by atoms with Crippen LogP contribution in [0.25, 0.3) is 0 Å². The van der Waals surface area contributed by atoms with E-state index < -0.39 is 10.8 Å². The van der Waals surface area contributed by atoms with Crippen molar-refractivity contribution >= 4 is 17.3 Å². The number of rotatable bonds is 2. The largest absolute Gasteiger partial charge is 0.508 e. The highest BCUT2D eigenvalue weighted by Crippen LogP contribution is 2.61. The number of hydrogen-bond acceptors (Lipinski definition) is 5. The summed E-state index contributed by atoms with van der Waals surface area (Å²) in [4.78, 5) is 38.1. The number of nitrogens with one attached hydrogen (secondary N) is 1. The van der Waals surface area contributed by atoms with Gasteiger partial charge in [-0.2, -0.15) is 0 Å². The van der Waals surface area contributed by atoms with Crippen molar-refractivity contribution in [3.63, 3.8) is 0 Å². The van der Waals surface area contributed by atoms with Gasteiger partial charge in [-0.25, -0.2) is 0 Å². The standard InChI is InChI=1S/C20H23NO4/c1-11(22)13-8-15-14(16(24)9-13)10-17-19(12(2)23)5-3-4-18(25)20(15,19)6-7-21-17/h8-9,17,21,24H,3-7,10H2,1-2H3/t17-,19-,20+/m1/s1. The molecule has 0 radical (unpaired) electrons. The number of phenolic OH excluding ortho intramolecular Hbond substituents is 1. The fourth-order valence-electron chi connectivity index (χ4n) is 5.80. The van der Waals surface area contributed by atoms with Gasteiger partial charge < -0.3 is 10.4 Å². The van der Waals surface area contributed by atoms with Crippen LogP contribution in [0.2, 0.25) is 0 Å². The van der Waals surface area contributed by atoms with Crippen LogP contribution in [0.1, 0.15) is 61.0 Å². The molecule has 1 aromatic carbocycles. The summed E-state index contributed by atoms with van der Waals surface area (Å²) >= 11 is 0. The summed E-state index contributed by atoms with van der Waals surface area (Å²) in [5.41, 5.74) is 0.155. The van der Waals surface area contributed by atoms with E-state index in [0.29, 0.717) is 49.8 Å². The Bertz CT molecular complexity index is 814. The number of aromatic hydroxyl groups is 1. The molecule has 5 heteroatoms. The molecule has 2 N–H and O–H groups in total. The van der Waals surface area contributed by atoms with Crippen LogP contribution in [-0.2, 0) is 21.4 Å². The van der Waals surface area contributed by atoms with E-state index in [2.05, 4.69) is 5.32 Å². The minimum atomic E-state index is -0.913. The molecule has 1 saturated heterocycles. The lowest BCUT2D eigenvalue weighted by Crippen LogP contribution is -2.72. The molecule has 2 fully saturated rings. The second-order valence-electron chi connectivity index (χ2n) is 7.75. The maximum atomic E-state index is 13.3. The number of benzene rings is 1. The van der Waals surface area contributed by atoms with Gasteiger partial charge in [0, 0.05) is 18.0 Å². The molecule has 1 saturated carbocycles. The van der Waals surface area contributed by atoms with Crippen LogP contribution < -0.4 is 5.32 Å². The average Bonchev–Trinajstić information content (AvgIpc) is 2.55. The van der Waals surface area contributed by atoms with Crippen molar-refractivity contribution in [1.82, 2.24) is 5.32 Å². The first kappa shape index (κ1) is 16.5. The molecule has 132 valence electrons. The van der Waals surface area contributed by atoms with Gasteiger partial charge in [0.2, 0.25) is 0 Å². The molecule has 4 rings (SSSR count). The Morgan fingerprint density at radius 3 is 2.68 bits per heavy atom. The third-order valence-electron chi connectivity index (χ3n) is 6.83. The highest BCUT2D eigenvalue weighted by Gasteiger charge is 2.68. The number of fused-ring (bicyclic) bond motifs is 1. The molecule has 5 nitrogen and oxygen atoms in total. The Morgan fingerprint density at radius 1 is 1.24 bits per heavy atom. The molecule has 1 heterocycles. The van der Waals surface area contributed by atoms with E-state index in [9.17, 15) is 19.5 Å². The van der Waals surface area contributed by atoms with E-state index in [0.717, 1.165) is 5.56 Å². The summed E-state index contributed by atoms with van der Waals surface area (Å²) in [6.45, 7) is 3.71. The Morgan fingerprint density at radius 2 is 2.00 bits per heavy atom. The molecule has 2 aliphatic carbocycles. The number of Topliss-reactive ketones (excluding diaryl/α,β-unsaturated/α-hetero) is 3. The van der Waals surface area contributed by atoms with Crippen molar-refractivity contribution in [2.75, 3.05) is 6.54 Å². The van der Waals surface area contributed by atoms with Gasteiger partial charge in [-0.1, -0.05) is 0 Å². The summed E-state index contributed by atoms with van der Waals surface area (Å²) < 4.78 is 0. The van der Waals surface area contributed by atoms with Crippen LogP contribution in [0, 0.1) is 5.41 Å². The number of phenols is 1. The minimum absolute atomic E-state index is 0.0381. The molecule has 3 atom stereocenters. The van der Waals surface area contributed by atoms with Gasteiger partial charge in [-0.15, -0.1) is 0 Å². The summed E-state index contributed by atoms with van der Waals surface area (Å²) in [6.07, 6.45) is 2.89. The number of piperidine rings is 1. The van der Waals surface area contributed by atoms with Gasteiger partial charge in [0.15, 0.2) is 5.78 Å². The number of hydrogen-bond donors (Lipinski definition) is 2. The number of ketones is 3. The van der Waals surface area contributed by atoms with Crippen molar-refractivity contribution in [2.45, 2.75) is 57.4 Å². The lowest BCUT2D eigenvalue weighted by atomic mass is 9.42. The van der Waals surface area contributed by atoms with Crippen LogP contribution in [0.5, 0.6) is 5.75 Å². The molecule has 3 aliphatic rings. The van der Waals surface area contributed by atoms with Gasteiger partial charge in [0.05, 0.1) is 10.8 Å². The fraction of sp³-hybridized carbons (Fsp3) is 0.550. The third kappa shape index (κ3) is 1.85. The first-order valence-corrected chi connectivity index (χ1v) is 8.99. The number of carbonyl (C=O) groups excluding carboxylic acids is 3. The second-order valence-corrected chi connectivity index (χ2v) is 7.75. The molecule has 2 bridgehead atoms. The highest BCUT2D eigenvalue weighted by molar-refractivity contribution is 6.03. The van der Waals surface area contributed by atoms with Gasteiger partial charge in [0.1, 0.15) is 17.3 Å². The minimum Gasteiger partial charge on any atom is -0.508 e. The lowest BCUT2D eigenvalue weighted by Gasteiger charge is -2.61. The molecule has 25 heavy (non-hydrogen) atoms. The molecule has 1 aromatic rings. The molecule has 0 aromatic heterocycles. The Kier molecular flexibility index (Phi) is 3.45. The zero-order chi connectivity index (χ0) is 18.0. The smallest absolute Gasteiger partial charge is 0.159 e. The predicted molar refractivity (Wildman–Crippen MR) is 91.9 cm³/mol. The quantitative estimate of drug-likeness (QED) is 0.805. The zero-order valence-corrected chi connectivity index (χ0v) is 14.6. The van der Waals surface area contributed by atoms with Crippen LogP contribution in [0.4, 0.5) is 0 Å². The molecule has 1 aliphatic heterocycles. The van der Waals surface area contributed by atoms with Gasteiger partial charge in [0.25, 0.3) is 0 Å². The van der Waals surface area contributed by atoms with Crippen LogP contribution >= 0.6 is 0 Å². The second kappa shape index (κ2) is 5.24. The summed E-state index contributed by atoms with van der Waals surface area (Å²) in [7, 11) is 0. The summed E-state index contributed by atoms with van der Waals surface area (Å²) in [5, 5.41) is 14.0. The molecule has 0 amide bonds. The van der Waals surface area contributed by atoms with E-state index in [-0.39, 0.29) is 29.1 Å². The third-order valence-corrected chi connectivity index (χ3v) is 6.83. The van der Waals surface area contributed by atoms with Crippen LogP contribution in [-0.4, -0.2) is 35.0 Å². The van der Waals surface area contributed by atoms with Crippen molar-refractivity contribution in [1.29, 1.82) is 0 Å². The predicted octanol–water partition coefficient (Wildman–Crippen LogP) is 2.08. The molecular formula is C20H23NO4. The maximum Gasteiger partial charge on any atom is 0.159 e. The summed E-state index contributed by atoms with van der Waals surface area (Å²) in [5.74, 6) is 0.0335. The fourth-order valence-corrected chi connectivity index (χ4v) is 5.80. The lowest BCUT2D eigenvalue weighted by molar-refractivity contribution is -0.153. The van der Waals surface area contributed by atoms with Gasteiger partial charge >= 0.3 is 0 Å². The molecule has 0 unspecified atom stereocenters. The maximum absolute atomic E-state index is 13.3. The monoisotopic (exact) mass is 341 g/mol. The van der Waals surface area contributed by atoms with Crippen molar-refractivity contribution in [2.24, 2.45) is 5.41 Å². The molecular weight excluding hydrogens is 318 g/mol. The Labute approximate surface area is 146 Å². The van der Waals surface area contributed by atoms with Crippen LogP contribution in [0.15, 0.2) is 12.1 Å². The Hall–Kier alpha value is -2.01. The highest BCUT2D eigenvalue weighted by atomic mass is 16.3. The van der Waals surface area contributed by atoms with Gasteiger partial charge in [-0.3, -0.25) is 14.4 Å². The van der Waals surface area contributed by atoms with Gasteiger partial charge in [-0.05, 0) is 69.3 Å². The number of carbonyl (C=O) groups is 3. The first-order chi connectivity index (χ1) is 11.8. The van der Waals surface area contributed by atoms with Crippen LogP contribution in [0.3, 0.4) is 0 Å². The van der Waals surface area contributed by atoms with E-state index in [1.807, 2.05) is 0 Å². The first-order valence-electron chi connectivity index (χ1n) is 8.99. The summed E-state index contributed by atoms with van der Waals surface area (Å²) in [6, 6.07) is 3.10.